The summed E-state index contributed by atoms with van der Waals surface area (Å²) in [6.07, 6.45) is 3.34. The van der Waals surface area contributed by atoms with Crippen molar-refractivity contribution in [3.63, 3.8) is 0 Å². The number of amides is 1. The smallest absolute Gasteiger partial charge is 0.411 e. The number of H-pyrrole nitrogens is 1. The van der Waals surface area contributed by atoms with Crippen molar-refractivity contribution in [3.05, 3.63) is 48.3 Å². The van der Waals surface area contributed by atoms with Crippen LogP contribution in [0.5, 0.6) is 5.75 Å². The quantitative estimate of drug-likeness (QED) is 0.336. The maximum absolute atomic E-state index is 11.9. The van der Waals surface area contributed by atoms with Crippen LogP contribution in [-0.4, -0.2) is 44.0 Å². The molecule has 1 amide bonds. The summed E-state index contributed by atoms with van der Waals surface area (Å²) in [5.74, 6) is 1.39. The highest BCUT2D eigenvalue weighted by Gasteiger charge is 2.27. The van der Waals surface area contributed by atoms with E-state index in [-0.39, 0.29) is 6.10 Å². The molecule has 0 unspecified atom stereocenters. The molecule has 1 aliphatic rings. The zero-order valence-corrected chi connectivity index (χ0v) is 19.8. The number of ether oxygens (including phenoxy) is 2. The molecule has 10 nitrogen and oxygen atoms in total. The van der Waals surface area contributed by atoms with Crippen LogP contribution >= 0.6 is 0 Å². The van der Waals surface area contributed by atoms with Gasteiger partial charge in [-0.25, -0.2) is 4.79 Å². The van der Waals surface area contributed by atoms with Crippen molar-refractivity contribution >= 4 is 28.4 Å². The fraction of sp³-hybridized carbons (Fsp3) is 0.360. The molecule has 2 aromatic heterocycles. The van der Waals surface area contributed by atoms with Gasteiger partial charge in [-0.05, 0) is 57.4 Å². The molecule has 1 aliphatic carbocycles. The first-order valence-corrected chi connectivity index (χ1v) is 11.9. The van der Waals surface area contributed by atoms with E-state index in [4.69, 9.17) is 15.2 Å². The second kappa shape index (κ2) is 9.65. The molecule has 2 heterocycles. The van der Waals surface area contributed by atoms with Crippen LogP contribution in [0.25, 0.3) is 22.2 Å². The van der Waals surface area contributed by atoms with E-state index in [1.807, 2.05) is 50.2 Å². The predicted octanol–water partition coefficient (Wildman–Crippen LogP) is 4.71. The Morgan fingerprint density at radius 3 is 2.69 bits per heavy atom. The molecule has 1 fully saturated rings. The molecule has 10 heteroatoms. The number of benzene rings is 2. The molecule has 1 saturated carbocycles. The van der Waals surface area contributed by atoms with Crippen LogP contribution in [0.4, 0.5) is 16.2 Å². The van der Waals surface area contributed by atoms with Gasteiger partial charge in [0, 0.05) is 35.2 Å². The van der Waals surface area contributed by atoms with Crippen LogP contribution < -0.4 is 15.8 Å². The molecule has 35 heavy (non-hydrogen) atoms. The summed E-state index contributed by atoms with van der Waals surface area (Å²) in [7, 11) is 0. The van der Waals surface area contributed by atoms with Crippen molar-refractivity contribution in [1.82, 2.24) is 25.2 Å². The first kappa shape index (κ1) is 22.7. The summed E-state index contributed by atoms with van der Waals surface area (Å²) in [5, 5.41) is 17.7. The number of tetrazole rings is 1. The number of fused-ring (bicyclic) bond motifs is 1. The summed E-state index contributed by atoms with van der Waals surface area (Å²) < 4.78 is 13.5. The van der Waals surface area contributed by atoms with E-state index in [0.717, 1.165) is 46.4 Å². The third-order valence-electron chi connectivity index (χ3n) is 6.19. The molecule has 0 aliphatic heterocycles. The maximum Gasteiger partial charge on any atom is 0.411 e. The van der Waals surface area contributed by atoms with Crippen LogP contribution in [0, 0.1) is 0 Å². The molecule has 0 atom stereocenters. The van der Waals surface area contributed by atoms with Gasteiger partial charge in [-0.1, -0.05) is 17.3 Å². The van der Waals surface area contributed by atoms with E-state index in [0.29, 0.717) is 30.6 Å². The number of nitrogen functional groups attached to an aromatic ring is 1. The number of carbonyl (C=O) groups excluding carboxylic acids is 1. The molecule has 2 aromatic carbocycles. The van der Waals surface area contributed by atoms with Crippen molar-refractivity contribution in [1.29, 1.82) is 0 Å². The standard InChI is InChI=1S/C25H29N7O3/c1-15(2)35-25(33)27-17-8-6-16(7-9-17)24-23(26)20-11-10-19(34-13-12-22-28-30-31-29-22)14-21(20)32(24)18-4-3-5-18/h6-11,14-15,18H,3-5,12-13,26H2,1-2H3,(H,27,33)(H,28,29,30,31). The van der Waals surface area contributed by atoms with Crippen molar-refractivity contribution in [2.45, 2.75) is 51.7 Å². The Labute approximate surface area is 202 Å². The zero-order valence-electron chi connectivity index (χ0n) is 19.8. The monoisotopic (exact) mass is 475 g/mol. The Morgan fingerprint density at radius 1 is 1.23 bits per heavy atom. The summed E-state index contributed by atoms with van der Waals surface area (Å²) in [6.45, 7) is 4.08. The van der Waals surface area contributed by atoms with Crippen molar-refractivity contribution in [2.75, 3.05) is 17.7 Å². The minimum absolute atomic E-state index is 0.180. The summed E-state index contributed by atoms with van der Waals surface area (Å²) >= 11 is 0. The summed E-state index contributed by atoms with van der Waals surface area (Å²) in [5.41, 5.74) is 11.1. The lowest BCUT2D eigenvalue weighted by molar-refractivity contribution is 0.130. The number of aromatic nitrogens is 5. The molecule has 0 saturated heterocycles. The molecule has 4 N–H and O–H groups in total. The van der Waals surface area contributed by atoms with Crippen LogP contribution in [-0.2, 0) is 11.2 Å². The van der Waals surface area contributed by atoms with Crippen molar-refractivity contribution < 1.29 is 14.3 Å². The fourth-order valence-corrected chi connectivity index (χ4v) is 4.35. The third kappa shape index (κ3) is 4.77. The Morgan fingerprint density at radius 2 is 2.03 bits per heavy atom. The van der Waals surface area contributed by atoms with Gasteiger partial charge in [0.05, 0.1) is 29.6 Å². The Hall–Kier alpha value is -4.08. The molecule has 0 spiro atoms. The van der Waals surface area contributed by atoms with Crippen LogP contribution in [0.3, 0.4) is 0 Å². The average Bonchev–Trinajstić information content (AvgIpc) is 3.40. The normalized spacial score (nSPS) is 13.7. The minimum Gasteiger partial charge on any atom is -0.493 e. The average molecular weight is 476 g/mol. The lowest BCUT2D eigenvalue weighted by Crippen LogP contribution is -2.18. The summed E-state index contributed by atoms with van der Waals surface area (Å²) in [4.78, 5) is 11.9. The number of rotatable bonds is 8. The predicted molar refractivity (Wildman–Crippen MR) is 133 cm³/mol. The number of nitrogens with two attached hydrogens (primary N) is 1. The van der Waals surface area contributed by atoms with Gasteiger partial charge in [-0.3, -0.25) is 5.32 Å². The van der Waals surface area contributed by atoms with E-state index >= 15 is 0 Å². The Kier molecular flexibility index (Phi) is 6.26. The lowest BCUT2D eigenvalue weighted by Gasteiger charge is -2.30. The number of anilines is 2. The van der Waals surface area contributed by atoms with Crippen LogP contribution in [0.1, 0.15) is 45.0 Å². The number of nitrogens with one attached hydrogen (secondary N) is 2. The topological polar surface area (TPSA) is 133 Å². The molecule has 0 radical (unpaired) electrons. The highest BCUT2D eigenvalue weighted by molar-refractivity contribution is 6.01. The van der Waals surface area contributed by atoms with Gasteiger partial charge in [0.1, 0.15) is 5.75 Å². The van der Waals surface area contributed by atoms with Crippen molar-refractivity contribution in [3.8, 4) is 17.0 Å². The highest BCUT2D eigenvalue weighted by atomic mass is 16.6. The number of aromatic amines is 1. The lowest BCUT2D eigenvalue weighted by atomic mass is 9.92. The zero-order chi connectivity index (χ0) is 24.4. The van der Waals surface area contributed by atoms with Crippen LogP contribution in [0.15, 0.2) is 42.5 Å². The van der Waals surface area contributed by atoms with E-state index < -0.39 is 6.09 Å². The number of nitrogens with zero attached hydrogens (tertiary/aromatic N) is 4. The van der Waals surface area contributed by atoms with Gasteiger partial charge in [0.15, 0.2) is 5.82 Å². The molecule has 182 valence electrons. The highest BCUT2D eigenvalue weighted by Crippen LogP contribution is 2.44. The SMILES string of the molecule is CC(C)OC(=O)Nc1ccc(-c2c(N)c3ccc(OCCc4nn[nH]n4)cc3n2C2CCC2)cc1. The van der Waals surface area contributed by atoms with E-state index in [2.05, 4.69) is 36.6 Å². The van der Waals surface area contributed by atoms with Gasteiger partial charge in [-0.15, -0.1) is 10.2 Å². The number of hydrogen-bond acceptors (Lipinski definition) is 7. The molecule has 5 rings (SSSR count). The third-order valence-corrected chi connectivity index (χ3v) is 6.19. The fourth-order valence-electron chi connectivity index (χ4n) is 4.35. The van der Waals surface area contributed by atoms with Gasteiger partial charge >= 0.3 is 6.09 Å². The molecule has 0 bridgehead atoms. The number of hydrogen-bond donors (Lipinski definition) is 3. The van der Waals surface area contributed by atoms with E-state index in [1.165, 1.54) is 6.42 Å². The van der Waals surface area contributed by atoms with Crippen molar-refractivity contribution in [2.24, 2.45) is 0 Å². The van der Waals surface area contributed by atoms with Gasteiger partial charge in [0.25, 0.3) is 0 Å². The molecular weight excluding hydrogens is 446 g/mol. The van der Waals surface area contributed by atoms with Gasteiger partial charge in [-0.2, -0.15) is 5.21 Å². The first-order chi connectivity index (χ1) is 17.0. The maximum atomic E-state index is 11.9. The minimum atomic E-state index is -0.470. The summed E-state index contributed by atoms with van der Waals surface area (Å²) in [6, 6.07) is 14.1. The van der Waals surface area contributed by atoms with E-state index in [1.54, 1.807) is 0 Å². The van der Waals surface area contributed by atoms with Gasteiger partial charge in [0.2, 0.25) is 0 Å². The van der Waals surface area contributed by atoms with Crippen LogP contribution in [0.2, 0.25) is 0 Å². The number of carbonyl (C=O) groups is 1. The first-order valence-electron chi connectivity index (χ1n) is 11.9. The Balaban J connectivity index is 1.43. The molecule has 4 aromatic rings. The van der Waals surface area contributed by atoms with Gasteiger partial charge < -0.3 is 19.8 Å². The van der Waals surface area contributed by atoms with E-state index in [9.17, 15) is 4.79 Å². The largest absolute Gasteiger partial charge is 0.493 e. The molecular formula is C25H29N7O3. The second-order valence-electron chi connectivity index (χ2n) is 8.98. The Bertz CT molecular complexity index is 1310. The second-order valence-corrected chi connectivity index (χ2v) is 8.98.